The van der Waals surface area contributed by atoms with Gasteiger partial charge in [0.2, 0.25) is 5.91 Å². The number of carbonyl (C=O) groups is 3. The number of nitrogens with one attached hydrogen (secondary N) is 2. The first-order valence-electron chi connectivity index (χ1n) is 14.9. The number of aliphatic hydroxyl groups is 1. The van der Waals surface area contributed by atoms with Crippen LogP contribution in [0.3, 0.4) is 0 Å². The molecule has 4 aliphatic rings. The lowest BCUT2D eigenvalue weighted by Gasteiger charge is -2.57. The number of carboxylic acids is 1. The van der Waals surface area contributed by atoms with Gasteiger partial charge >= 0.3 is 5.97 Å². The van der Waals surface area contributed by atoms with E-state index in [0.717, 1.165) is 57.1 Å². The minimum Gasteiger partial charge on any atom is -0.480 e. The number of carboxylic acid groups (broad SMARTS) is 1. The molecule has 4 aliphatic carbocycles. The van der Waals surface area contributed by atoms with E-state index in [4.69, 9.17) is 4.84 Å². The molecule has 0 spiro atoms. The predicted octanol–water partition coefficient (Wildman–Crippen LogP) is 3.95. The molecule has 0 saturated heterocycles. The molecule has 0 aromatic heterocycles. The summed E-state index contributed by atoms with van der Waals surface area (Å²) in [5, 5.41) is 29.3. The standard InChI is InChI=1S/C30H47N3O6/c1-5-6-7-24(28(37)38)32-27(36)18(2)31-26(35)17-39-33-20-12-14-29(3)19(16-20)8-9-21-22-10-11-25(34)30(22,4)15-13-23(21)29/h16,18,21-25,34H,5-15,17H2,1-4H3,(H,31,35)(H,32,36)(H,37,38)/b33-20+/t18-,21+,22+,23+,24-,25+,29-,30-/m0/s1. The molecule has 4 N–H and O–H groups in total. The summed E-state index contributed by atoms with van der Waals surface area (Å²) in [5.74, 6) is -0.166. The SMILES string of the molecule is CCCC[C@H](NC(=O)[C@H](C)NC(=O)CO/N=C1/C=C2CC[C@@H]3[C@H]4CC[C@@H](O)[C@@]4(C)CC[C@H]3[C@@]2(C)CC1)C(=O)O. The van der Waals surface area contributed by atoms with Gasteiger partial charge in [-0.3, -0.25) is 9.59 Å². The second kappa shape index (κ2) is 12.0. The van der Waals surface area contributed by atoms with Crippen LogP contribution >= 0.6 is 0 Å². The highest BCUT2D eigenvalue weighted by atomic mass is 16.6. The van der Waals surface area contributed by atoms with E-state index in [9.17, 15) is 24.6 Å². The number of hydrogen-bond donors (Lipinski definition) is 4. The lowest BCUT2D eigenvalue weighted by Crippen LogP contribution is -2.51. The Morgan fingerprint density at radius 3 is 2.59 bits per heavy atom. The van der Waals surface area contributed by atoms with E-state index in [0.29, 0.717) is 30.6 Å². The topological polar surface area (TPSA) is 137 Å². The largest absolute Gasteiger partial charge is 0.480 e. The number of aliphatic hydroxyl groups excluding tert-OH is 1. The third kappa shape index (κ3) is 6.03. The van der Waals surface area contributed by atoms with Gasteiger partial charge in [0.15, 0.2) is 6.61 Å². The molecule has 0 heterocycles. The third-order valence-corrected chi connectivity index (χ3v) is 10.5. The first-order chi connectivity index (χ1) is 18.5. The van der Waals surface area contributed by atoms with Gasteiger partial charge in [0, 0.05) is 0 Å². The molecule has 8 atom stereocenters. The van der Waals surface area contributed by atoms with Crippen LogP contribution in [-0.2, 0) is 19.2 Å². The number of unbranched alkanes of at least 4 members (excludes halogenated alkanes) is 1. The number of aliphatic carboxylic acids is 1. The van der Waals surface area contributed by atoms with Crippen LogP contribution < -0.4 is 10.6 Å². The molecule has 0 aliphatic heterocycles. The molecule has 0 aromatic carbocycles. The van der Waals surface area contributed by atoms with Crippen LogP contribution in [0.2, 0.25) is 0 Å². The summed E-state index contributed by atoms with van der Waals surface area (Å²) < 4.78 is 0. The Balaban J connectivity index is 1.28. The van der Waals surface area contributed by atoms with Crippen LogP contribution in [0, 0.1) is 28.6 Å². The van der Waals surface area contributed by atoms with Gasteiger partial charge in [-0.2, -0.15) is 0 Å². The van der Waals surface area contributed by atoms with E-state index in [1.165, 1.54) is 18.9 Å². The van der Waals surface area contributed by atoms with Crippen LogP contribution in [-0.4, -0.2) is 58.5 Å². The molecule has 2 amide bonds. The molecule has 4 rings (SSSR count). The zero-order chi connectivity index (χ0) is 28.4. The molecule has 9 nitrogen and oxygen atoms in total. The van der Waals surface area contributed by atoms with E-state index in [1.54, 1.807) is 0 Å². The number of amides is 2. The van der Waals surface area contributed by atoms with Gasteiger partial charge < -0.3 is 25.7 Å². The van der Waals surface area contributed by atoms with Crippen LogP contribution in [0.4, 0.5) is 0 Å². The molecule has 218 valence electrons. The van der Waals surface area contributed by atoms with Crippen molar-refractivity contribution in [2.24, 2.45) is 33.7 Å². The van der Waals surface area contributed by atoms with Gasteiger partial charge in [0.25, 0.3) is 5.91 Å². The van der Waals surface area contributed by atoms with E-state index >= 15 is 0 Å². The number of oxime groups is 1. The van der Waals surface area contributed by atoms with Gasteiger partial charge in [-0.15, -0.1) is 0 Å². The lowest BCUT2D eigenvalue weighted by atomic mass is 9.47. The van der Waals surface area contributed by atoms with Crippen molar-refractivity contribution in [2.45, 2.75) is 117 Å². The Hall–Kier alpha value is -2.42. The van der Waals surface area contributed by atoms with Crippen molar-refractivity contribution in [3.05, 3.63) is 11.6 Å². The fourth-order valence-electron chi connectivity index (χ4n) is 8.10. The van der Waals surface area contributed by atoms with Crippen molar-refractivity contribution in [3.8, 4) is 0 Å². The number of carbonyl (C=O) groups excluding carboxylic acids is 2. The quantitative estimate of drug-likeness (QED) is 0.307. The molecule has 39 heavy (non-hydrogen) atoms. The molecule has 0 radical (unpaired) electrons. The molecule has 0 bridgehead atoms. The van der Waals surface area contributed by atoms with Crippen molar-refractivity contribution in [1.29, 1.82) is 0 Å². The molecular formula is C30H47N3O6. The Morgan fingerprint density at radius 1 is 1.10 bits per heavy atom. The first-order valence-corrected chi connectivity index (χ1v) is 14.9. The molecule has 0 unspecified atom stereocenters. The van der Waals surface area contributed by atoms with Crippen LogP contribution in [0.15, 0.2) is 16.8 Å². The van der Waals surface area contributed by atoms with Gasteiger partial charge in [0.1, 0.15) is 12.1 Å². The molecule has 3 saturated carbocycles. The van der Waals surface area contributed by atoms with Crippen molar-refractivity contribution in [2.75, 3.05) is 6.61 Å². The number of hydrogen-bond acceptors (Lipinski definition) is 6. The number of fused-ring (bicyclic) bond motifs is 5. The maximum atomic E-state index is 12.4. The fraction of sp³-hybridized carbons (Fsp3) is 0.800. The molecule has 0 aromatic rings. The Kier molecular flexibility index (Phi) is 9.08. The van der Waals surface area contributed by atoms with Crippen LogP contribution in [0.1, 0.15) is 98.3 Å². The highest BCUT2D eigenvalue weighted by Gasteiger charge is 2.58. The second-order valence-corrected chi connectivity index (χ2v) is 12.8. The van der Waals surface area contributed by atoms with Crippen molar-refractivity contribution < 1.29 is 29.4 Å². The van der Waals surface area contributed by atoms with E-state index < -0.39 is 29.9 Å². The van der Waals surface area contributed by atoms with Gasteiger partial charge in [-0.1, -0.05) is 44.3 Å². The van der Waals surface area contributed by atoms with Gasteiger partial charge in [-0.05, 0) is 99.4 Å². The molecule has 9 heteroatoms. The van der Waals surface area contributed by atoms with E-state index in [2.05, 4.69) is 35.7 Å². The third-order valence-electron chi connectivity index (χ3n) is 10.5. The summed E-state index contributed by atoms with van der Waals surface area (Å²) in [4.78, 5) is 41.4. The monoisotopic (exact) mass is 545 g/mol. The van der Waals surface area contributed by atoms with Crippen molar-refractivity contribution >= 4 is 23.5 Å². The maximum Gasteiger partial charge on any atom is 0.326 e. The van der Waals surface area contributed by atoms with Gasteiger partial charge in [-0.25, -0.2) is 4.79 Å². The lowest BCUT2D eigenvalue weighted by molar-refractivity contribution is -0.142. The van der Waals surface area contributed by atoms with Crippen LogP contribution in [0.5, 0.6) is 0 Å². The predicted molar refractivity (Wildman–Crippen MR) is 148 cm³/mol. The average Bonchev–Trinajstić information content (AvgIpc) is 3.20. The number of nitrogens with zero attached hydrogens (tertiary/aromatic N) is 1. The summed E-state index contributed by atoms with van der Waals surface area (Å²) in [6.45, 7) is 7.88. The average molecular weight is 546 g/mol. The Labute approximate surface area is 232 Å². The minimum absolute atomic E-state index is 0.0830. The summed E-state index contributed by atoms with van der Waals surface area (Å²) in [5.41, 5.74) is 2.52. The summed E-state index contributed by atoms with van der Waals surface area (Å²) >= 11 is 0. The zero-order valence-electron chi connectivity index (χ0n) is 24.0. The van der Waals surface area contributed by atoms with Crippen molar-refractivity contribution in [3.63, 3.8) is 0 Å². The number of allylic oxidation sites excluding steroid dienone is 2. The normalized spacial score (nSPS) is 36.0. The number of rotatable bonds is 10. The summed E-state index contributed by atoms with van der Waals surface area (Å²) in [6.07, 6.45) is 12.3. The summed E-state index contributed by atoms with van der Waals surface area (Å²) in [7, 11) is 0. The molecule has 3 fully saturated rings. The van der Waals surface area contributed by atoms with E-state index in [1.807, 2.05) is 6.92 Å². The Bertz CT molecular complexity index is 1010. The smallest absolute Gasteiger partial charge is 0.326 e. The maximum absolute atomic E-state index is 12.4. The second-order valence-electron chi connectivity index (χ2n) is 12.8. The van der Waals surface area contributed by atoms with Crippen molar-refractivity contribution in [1.82, 2.24) is 10.6 Å². The Morgan fingerprint density at radius 2 is 1.87 bits per heavy atom. The fourth-order valence-corrected chi connectivity index (χ4v) is 8.10. The first kappa shape index (κ1) is 29.6. The van der Waals surface area contributed by atoms with Crippen LogP contribution in [0.25, 0.3) is 0 Å². The minimum atomic E-state index is -1.08. The highest BCUT2D eigenvalue weighted by Crippen LogP contribution is 2.65. The molecular weight excluding hydrogens is 498 g/mol. The summed E-state index contributed by atoms with van der Waals surface area (Å²) in [6, 6.07) is -1.86. The highest BCUT2D eigenvalue weighted by molar-refractivity contribution is 5.96. The van der Waals surface area contributed by atoms with Gasteiger partial charge in [0.05, 0.1) is 11.8 Å². The zero-order valence-corrected chi connectivity index (χ0v) is 24.0. The van der Waals surface area contributed by atoms with E-state index in [-0.39, 0.29) is 23.5 Å².